The van der Waals surface area contributed by atoms with Crippen LogP contribution in [0, 0.1) is 11.6 Å². The van der Waals surface area contributed by atoms with Gasteiger partial charge in [-0.1, -0.05) is 0 Å². The molecule has 0 aliphatic carbocycles. The molecular weight excluding hydrogens is 291 g/mol. The molecule has 1 aliphatic heterocycles. The van der Waals surface area contributed by atoms with Gasteiger partial charge in [0.15, 0.2) is 5.82 Å². The molecule has 1 atom stereocenters. The summed E-state index contributed by atoms with van der Waals surface area (Å²) >= 11 is 0. The highest BCUT2D eigenvalue weighted by Crippen LogP contribution is 2.37. The maximum atomic E-state index is 14.0. The number of aromatic nitrogens is 1. The van der Waals surface area contributed by atoms with Crippen molar-refractivity contribution < 1.29 is 13.2 Å². The molecule has 1 unspecified atom stereocenters. The van der Waals surface area contributed by atoms with Crippen molar-refractivity contribution in [1.29, 1.82) is 0 Å². The first-order valence-electron chi connectivity index (χ1n) is 7.01. The second kappa shape index (κ2) is 5.19. The van der Waals surface area contributed by atoms with E-state index in [1.54, 1.807) is 4.90 Å². The maximum Gasteiger partial charge on any atom is 0.152 e. The number of benzene rings is 1. The Bertz CT molecular complexity index is 716. The summed E-state index contributed by atoms with van der Waals surface area (Å²) in [4.78, 5) is 5.91. The predicted molar refractivity (Wildman–Crippen MR) is 80.3 cm³/mol. The van der Waals surface area contributed by atoms with Crippen LogP contribution in [-0.4, -0.2) is 23.7 Å². The zero-order valence-corrected chi connectivity index (χ0v) is 12.1. The molecule has 2 N–H and O–H groups in total. The zero-order chi connectivity index (χ0) is 15.9. The number of rotatable bonds is 2. The number of nitrogens with two attached hydrogens (primary N) is 1. The Hall–Kier alpha value is -2.24. The highest BCUT2D eigenvalue weighted by Gasteiger charge is 2.35. The molecule has 116 valence electrons. The number of nitrogen functional groups attached to an aromatic ring is 1. The van der Waals surface area contributed by atoms with Gasteiger partial charge in [0.1, 0.15) is 17.3 Å². The molecule has 1 saturated heterocycles. The molecule has 0 amide bonds. The fourth-order valence-corrected chi connectivity index (χ4v) is 2.76. The van der Waals surface area contributed by atoms with Crippen molar-refractivity contribution in [3.05, 3.63) is 42.1 Å². The molecule has 3 nitrogen and oxygen atoms in total. The van der Waals surface area contributed by atoms with Crippen LogP contribution in [0.2, 0.25) is 0 Å². The van der Waals surface area contributed by atoms with Crippen molar-refractivity contribution in [3.8, 4) is 11.1 Å². The van der Waals surface area contributed by atoms with E-state index in [4.69, 9.17) is 5.73 Å². The van der Waals surface area contributed by atoms with Gasteiger partial charge in [0, 0.05) is 30.3 Å². The van der Waals surface area contributed by atoms with E-state index in [1.165, 1.54) is 19.2 Å². The molecule has 6 heteroatoms. The van der Waals surface area contributed by atoms with Gasteiger partial charge in [-0.05, 0) is 31.2 Å². The first-order valence-corrected chi connectivity index (χ1v) is 7.01. The van der Waals surface area contributed by atoms with E-state index >= 15 is 0 Å². The van der Waals surface area contributed by atoms with Crippen LogP contribution in [0.1, 0.15) is 13.3 Å². The smallest absolute Gasteiger partial charge is 0.152 e. The second-order valence-electron chi connectivity index (χ2n) is 5.80. The summed E-state index contributed by atoms with van der Waals surface area (Å²) in [6, 6.07) is 4.72. The maximum absolute atomic E-state index is 14.0. The van der Waals surface area contributed by atoms with Crippen LogP contribution >= 0.6 is 0 Å². The highest BCUT2D eigenvalue weighted by atomic mass is 19.1. The van der Waals surface area contributed by atoms with Gasteiger partial charge < -0.3 is 10.6 Å². The van der Waals surface area contributed by atoms with Crippen LogP contribution in [0.15, 0.2) is 30.5 Å². The molecule has 2 aromatic rings. The van der Waals surface area contributed by atoms with Crippen molar-refractivity contribution in [2.24, 2.45) is 0 Å². The Morgan fingerprint density at radius 1 is 1.23 bits per heavy atom. The SMILES string of the molecule is CC1(F)CCN(c2nccc(-c3cc(F)ccc3F)c2N)C1. The highest BCUT2D eigenvalue weighted by molar-refractivity contribution is 5.84. The predicted octanol–water partition coefficient (Wildman–Crippen LogP) is 3.55. The monoisotopic (exact) mass is 307 g/mol. The number of halogens is 3. The molecule has 22 heavy (non-hydrogen) atoms. The standard InChI is InChI=1S/C16H16F3N3/c1-16(19)5-7-22(9-16)15-14(20)11(4-6-21-15)12-8-10(17)2-3-13(12)18/h2-4,6,8H,5,7,9,20H2,1H3. The molecule has 1 fully saturated rings. The second-order valence-corrected chi connectivity index (χ2v) is 5.80. The number of anilines is 2. The van der Waals surface area contributed by atoms with Crippen LogP contribution in [0.3, 0.4) is 0 Å². The topological polar surface area (TPSA) is 42.2 Å². The average molecular weight is 307 g/mol. The van der Waals surface area contributed by atoms with Crippen molar-refractivity contribution in [3.63, 3.8) is 0 Å². The third kappa shape index (κ3) is 2.61. The van der Waals surface area contributed by atoms with Gasteiger partial charge in [-0.15, -0.1) is 0 Å². The molecule has 1 aliphatic rings. The minimum Gasteiger partial charge on any atom is -0.395 e. The summed E-state index contributed by atoms with van der Waals surface area (Å²) in [6.45, 7) is 2.19. The van der Waals surface area contributed by atoms with Gasteiger partial charge in [-0.25, -0.2) is 18.2 Å². The Labute approximate surface area is 126 Å². The van der Waals surface area contributed by atoms with E-state index in [-0.39, 0.29) is 17.8 Å². The van der Waals surface area contributed by atoms with E-state index < -0.39 is 17.3 Å². The zero-order valence-electron chi connectivity index (χ0n) is 12.1. The fourth-order valence-electron chi connectivity index (χ4n) is 2.76. The largest absolute Gasteiger partial charge is 0.395 e. The lowest BCUT2D eigenvalue weighted by molar-refractivity contribution is 0.221. The lowest BCUT2D eigenvalue weighted by Crippen LogP contribution is -2.27. The molecular formula is C16H16F3N3. The molecule has 2 heterocycles. The first-order chi connectivity index (χ1) is 10.4. The Kier molecular flexibility index (Phi) is 3.47. The van der Waals surface area contributed by atoms with Gasteiger partial charge in [0.25, 0.3) is 0 Å². The van der Waals surface area contributed by atoms with E-state index in [9.17, 15) is 13.2 Å². The third-order valence-corrected chi connectivity index (χ3v) is 3.91. The molecule has 1 aromatic carbocycles. The molecule has 1 aromatic heterocycles. The lowest BCUT2D eigenvalue weighted by atomic mass is 10.0. The van der Waals surface area contributed by atoms with Crippen molar-refractivity contribution in [2.75, 3.05) is 23.7 Å². The quantitative estimate of drug-likeness (QED) is 0.922. The summed E-state index contributed by atoms with van der Waals surface area (Å²) in [7, 11) is 0. The number of hydrogen-bond donors (Lipinski definition) is 1. The van der Waals surface area contributed by atoms with Crippen LogP contribution in [0.25, 0.3) is 11.1 Å². The van der Waals surface area contributed by atoms with Crippen LogP contribution in [0.5, 0.6) is 0 Å². The number of nitrogens with zero attached hydrogens (tertiary/aromatic N) is 2. The lowest BCUT2D eigenvalue weighted by Gasteiger charge is -2.21. The Morgan fingerprint density at radius 3 is 2.68 bits per heavy atom. The third-order valence-electron chi connectivity index (χ3n) is 3.91. The molecule has 3 rings (SSSR count). The van der Waals surface area contributed by atoms with Crippen LogP contribution < -0.4 is 10.6 Å². The van der Waals surface area contributed by atoms with Crippen molar-refractivity contribution >= 4 is 11.5 Å². The molecule has 0 saturated carbocycles. The van der Waals surface area contributed by atoms with Gasteiger partial charge >= 0.3 is 0 Å². The summed E-state index contributed by atoms with van der Waals surface area (Å²) in [5.41, 5.74) is 5.44. The summed E-state index contributed by atoms with van der Waals surface area (Å²) < 4.78 is 41.3. The molecule has 0 spiro atoms. The summed E-state index contributed by atoms with van der Waals surface area (Å²) in [5.74, 6) is -0.712. The van der Waals surface area contributed by atoms with Gasteiger partial charge in [-0.2, -0.15) is 0 Å². The number of pyridine rings is 1. The Morgan fingerprint density at radius 2 is 2.00 bits per heavy atom. The molecule has 0 bridgehead atoms. The van der Waals surface area contributed by atoms with Gasteiger partial charge in [0.05, 0.1) is 12.2 Å². The van der Waals surface area contributed by atoms with Crippen LogP contribution in [-0.2, 0) is 0 Å². The Balaban J connectivity index is 2.05. The van der Waals surface area contributed by atoms with E-state index in [0.717, 1.165) is 18.2 Å². The van der Waals surface area contributed by atoms with Crippen LogP contribution in [0.4, 0.5) is 24.7 Å². The number of alkyl halides is 1. The van der Waals surface area contributed by atoms with Gasteiger partial charge in [-0.3, -0.25) is 0 Å². The summed E-state index contributed by atoms with van der Waals surface area (Å²) in [5, 5.41) is 0. The van der Waals surface area contributed by atoms with E-state index in [2.05, 4.69) is 4.98 Å². The molecule has 0 radical (unpaired) electrons. The van der Waals surface area contributed by atoms with Crippen molar-refractivity contribution in [1.82, 2.24) is 4.98 Å². The minimum atomic E-state index is -1.30. The normalized spacial score (nSPS) is 21.4. The van der Waals surface area contributed by atoms with E-state index in [0.29, 0.717) is 24.3 Å². The number of hydrogen-bond acceptors (Lipinski definition) is 3. The van der Waals surface area contributed by atoms with E-state index in [1.807, 2.05) is 0 Å². The summed E-state index contributed by atoms with van der Waals surface area (Å²) in [6.07, 6.45) is 1.85. The minimum absolute atomic E-state index is 0.0726. The van der Waals surface area contributed by atoms with Gasteiger partial charge in [0.2, 0.25) is 0 Å². The fraction of sp³-hybridized carbons (Fsp3) is 0.312. The average Bonchev–Trinajstić information content (AvgIpc) is 2.82. The first kappa shape index (κ1) is 14.7. The van der Waals surface area contributed by atoms with Crippen molar-refractivity contribution in [2.45, 2.75) is 19.0 Å².